The number of alkyl halides is 5. The molecule has 2 aromatic rings. The fourth-order valence-electron chi connectivity index (χ4n) is 2.70. The summed E-state index contributed by atoms with van der Waals surface area (Å²) in [6.07, 6.45) is -6.56. The van der Waals surface area contributed by atoms with E-state index in [1.54, 1.807) is 6.92 Å². The molecule has 2 atom stereocenters. The molecule has 0 bridgehead atoms. The Kier molecular flexibility index (Phi) is 3.29. The van der Waals surface area contributed by atoms with Gasteiger partial charge in [0.05, 0.1) is 30.2 Å². The van der Waals surface area contributed by atoms with Crippen LogP contribution in [-0.2, 0) is 12.1 Å². The third kappa shape index (κ3) is 2.23. The van der Waals surface area contributed by atoms with Crippen LogP contribution in [0.1, 0.15) is 37.8 Å². The minimum atomic E-state index is -4.92. The van der Waals surface area contributed by atoms with Crippen LogP contribution in [0, 0.1) is 0 Å². The van der Waals surface area contributed by atoms with Crippen LogP contribution in [-0.4, -0.2) is 30.6 Å². The van der Waals surface area contributed by atoms with Crippen LogP contribution in [0.25, 0.3) is 11.4 Å². The first kappa shape index (κ1) is 15.9. The van der Waals surface area contributed by atoms with Crippen LogP contribution in [0.2, 0.25) is 0 Å². The molecule has 5 nitrogen and oxygen atoms in total. The molecule has 23 heavy (non-hydrogen) atoms. The summed E-state index contributed by atoms with van der Waals surface area (Å²) in [6, 6.07) is 0.588. The number of halogens is 5. The highest BCUT2D eigenvalue weighted by Crippen LogP contribution is 2.42. The number of hydrogen-bond acceptors (Lipinski definition) is 3. The Morgan fingerprint density at radius 3 is 2.52 bits per heavy atom. The van der Waals surface area contributed by atoms with Gasteiger partial charge in [-0.3, -0.25) is 4.68 Å². The van der Waals surface area contributed by atoms with E-state index in [0.717, 1.165) is 12.3 Å². The molecule has 1 aliphatic heterocycles. The van der Waals surface area contributed by atoms with Crippen LogP contribution < -0.4 is 0 Å². The van der Waals surface area contributed by atoms with E-state index in [9.17, 15) is 27.1 Å². The van der Waals surface area contributed by atoms with Crippen molar-refractivity contribution in [1.82, 2.24) is 19.3 Å². The summed E-state index contributed by atoms with van der Waals surface area (Å²) in [7, 11) is 0. The molecule has 0 radical (unpaired) electrons. The average Bonchev–Trinajstić information content (AvgIpc) is 3.00. The van der Waals surface area contributed by atoms with Gasteiger partial charge in [0.1, 0.15) is 5.69 Å². The smallest absolute Gasteiger partial charge is 0.374 e. The fraction of sp³-hybridized carbons (Fsp3) is 0.538. The molecule has 1 aliphatic rings. The van der Waals surface area contributed by atoms with Crippen molar-refractivity contribution in [2.24, 2.45) is 0 Å². The van der Waals surface area contributed by atoms with Gasteiger partial charge in [0, 0.05) is 0 Å². The lowest BCUT2D eigenvalue weighted by Crippen LogP contribution is -2.42. The van der Waals surface area contributed by atoms with Gasteiger partial charge in [-0.15, -0.1) is 0 Å². The van der Waals surface area contributed by atoms with Crippen LogP contribution in [0.3, 0.4) is 0 Å². The molecule has 0 amide bonds. The second kappa shape index (κ2) is 4.76. The van der Waals surface area contributed by atoms with Gasteiger partial charge in [0.15, 0.2) is 5.82 Å². The first-order chi connectivity index (χ1) is 10.5. The van der Waals surface area contributed by atoms with E-state index < -0.39 is 35.8 Å². The average molecular weight is 336 g/mol. The van der Waals surface area contributed by atoms with Crippen molar-refractivity contribution in [3.8, 4) is 11.4 Å². The van der Waals surface area contributed by atoms with E-state index in [0.29, 0.717) is 6.92 Å². The Morgan fingerprint density at radius 1 is 1.30 bits per heavy atom. The Morgan fingerprint density at radius 2 is 1.96 bits per heavy atom. The number of nitrogens with zero attached hydrogens (tertiary/aromatic N) is 4. The first-order valence-corrected chi connectivity index (χ1v) is 6.77. The molecular formula is C13H13F5N4O. The standard InChI is InChI=1S/C13H13F5N4O/c1-6-5-21-8(3-7(20-21)10(14)15)9-4-19-11(22(6)9)12(2,23)13(16,17)18/h3-4,6,10,23H,5H2,1-2H3/t6-,12?/m0/s1. The lowest BCUT2D eigenvalue weighted by atomic mass is 10.0. The molecule has 1 N–H and O–H groups in total. The maximum atomic E-state index is 13.1. The number of fused-ring (bicyclic) bond motifs is 3. The van der Waals surface area contributed by atoms with Gasteiger partial charge in [-0.05, 0) is 19.9 Å². The Balaban J connectivity index is 2.17. The van der Waals surface area contributed by atoms with Gasteiger partial charge in [-0.25, -0.2) is 13.8 Å². The summed E-state index contributed by atoms with van der Waals surface area (Å²) in [5.74, 6) is -0.571. The maximum absolute atomic E-state index is 13.1. The van der Waals surface area contributed by atoms with Crippen molar-refractivity contribution in [3.05, 3.63) is 23.8 Å². The highest BCUT2D eigenvalue weighted by molar-refractivity contribution is 5.57. The van der Waals surface area contributed by atoms with Gasteiger partial charge >= 0.3 is 6.18 Å². The molecule has 0 aliphatic carbocycles. The number of imidazole rings is 1. The summed E-state index contributed by atoms with van der Waals surface area (Å²) in [5.41, 5.74) is -3.14. The maximum Gasteiger partial charge on any atom is 0.424 e. The van der Waals surface area contributed by atoms with Gasteiger partial charge in [-0.2, -0.15) is 18.3 Å². The lowest BCUT2D eigenvalue weighted by molar-refractivity contribution is -0.262. The van der Waals surface area contributed by atoms with E-state index in [2.05, 4.69) is 10.1 Å². The zero-order chi connectivity index (χ0) is 17.2. The number of aliphatic hydroxyl groups is 1. The van der Waals surface area contributed by atoms with Gasteiger partial charge < -0.3 is 9.67 Å². The molecule has 2 aromatic heterocycles. The number of hydrogen-bond donors (Lipinski definition) is 1. The van der Waals surface area contributed by atoms with E-state index in [4.69, 9.17) is 0 Å². The molecule has 10 heteroatoms. The van der Waals surface area contributed by atoms with Crippen molar-refractivity contribution >= 4 is 0 Å². The molecular weight excluding hydrogens is 323 g/mol. The van der Waals surface area contributed by atoms with Crippen LogP contribution in [0.5, 0.6) is 0 Å². The highest BCUT2D eigenvalue weighted by Gasteiger charge is 2.55. The molecule has 0 fully saturated rings. The molecule has 126 valence electrons. The lowest BCUT2D eigenvalue weighted by Gasteiger charge is -2.31. The third-order valence-corrected chi connectivity index (χ3v) is 3.95. The van der Waals surface area contributed by atoms with Crippen LogP contribution >= 0.6 is 0 Å². The van der Waals surface area contributed by atoms with Crippen LogP contribution in [0.4, 0.5) is 22.0 Å². The Labute approximate surface area is 127 Å². The summed E-state index contributed by atoms with van der Waals surface area (Å²) < 4.78 is 67.4. The molecule has 0 saturated carbocycles. The summed E-state index contributed by atoms with van der Waals surface area (Å²) in [4.78, 5) is 3.70. The first-order valence-electron chi connectivity index (χ1n) is 6.77. The number of aromatic nitrogens is 4. The second-order valence-corrected chi connectivity index (χ2v) is 5.69. The number of rotatable bonds is 2. The van der Waals surface area contributed by atoms with Crippen molar-refractivity contribution in [2.45, 2.75) is 44.6 Å². The van der Waals surface area contributed by atoms with E-state index in [-0.39, 0.29) is 17.9 Å². The Hall–Kier alpha value is -1.97. The summed E-state index contributed by atoms with van der Waals surface area (Å²) >= 11 is 0. The van der Waals surface area contributed by atoms with Crippen molar-refractivity contribution in [3.63, 3.8) is 0 Å². The molecule has 3 heterocycles. The predicted octanol–water partition coefficient (Wildman–Crippen LogP) is 3.03. The third-order valence-electron chi connectivity index (χ3n) is 3.95. The van der Waals surface area contributed by atoms with Gasteiger partial charge in [0.25, 0.3) is 6.43 Å². The van der Waals surface area contributed by atoms with Crippen molar-refractivity contribution < 1.29 is 27.1 Å². The molecule has 0 saturated heterocycles. The van der Waals surface area contributed by atoms with E-state index >= 15 is 0 Å². The van der Waals surface area contributed by atoms with E-state index in [1.807, 2.05) is 0 Å². The Bertz CT molecular complexity index is 746. The van der Waals surface area contributed by atoms with Gasteiger partial charge in [0.2, 0.25) is 5.60 Å². The minimum absolute atomic E-state index is 0.104. The highest BCUT2D eigenvalue weighted by atomic mass is 19.4. The minimum Gasteiger partial charge on any atom is -0.374 e. The zero-order valence-corrected chi connectivity index (χ0v) is 12.1. The largest absolute Gasteiger partial charge is 0.424 e. The molecule has 0 spiro atoms. The SMILES string of the molecule is C[C@H]1Cn2nc(C(F)F)cc2-c2cnc(C(C)(O)C(F)(F)F)n21. The van der Waals surface area contributed by atoms with Crippen molar-refractivity contribution in [1.29, 1.82) is 0 Å². The normalized spacial score (nSPS) is 20.3. The molecule has 3 rings (SSSR count). The summed E-state index contributed by atoms with van der Waals surface area (Å²) in [5, 5.41) is 13.6. The topological polar surface area (TPSA) is 55.9 Å². The second-order valence-electron chi connectivity index (χ2n) is 5.69. The molecule has 0 aromatic carbocycles. The van der Waals surface area contributed by atoms with E-state index in [1.165, 1.54) is 9.25 Å². The van der Waals surface area contributed by atoms with Crippen molar-refractivity contribution in [2.75, 3.05) is 0 Å². The molecule has 1 unspecified atom stereocenters. The monoisotopic (exact) mass is 336 g/mol. The fourth-order valence-corrected chi connectivity index (χ4v) is 2.70. The zero-order valence-electron chi connectivity index (χ0n) is 12.1. The van der Waals surface area contributed by atoms with Crippen LogP contribution in [0.15, 0.2) is 12.3 Å². The van der Waals surface area contributed by atoms with Gasteiger partial charge in [-0.1, -0.05) is 0 Å². The summed E-state index contributed by atoms with van der Waals surface area (Å²) in [6.45, 7) is 2.33. The predicted molar refractivity (Wildman–Crippen MR) is 68.7 cm³/mol. The quantitative estimate of drug-likeness (QED) is 0.858.